The number of carbonyl (C=O) groups is 1. The van der Waals surface area contributed by atoms with Gasteiger partial charge in [-0.15, -0.1) is 0 Å². The minimum Gasteiger partial charge on any atom is -0.370 e. The largest absolute Gasteiger partial charge is 0.370 e. The molecule has 4 nitrogen and oxygen atoms in total. The smallest absolute Gasteiger partial charge is 0.166 e. The second kappa shape index (κ2) is 3.92. The number of rotatable bonds is 3. The highest BCUT2D eigenvalue weighted by atomic mass is 16.5. The predicted molar refractivity (Wildman–Crippen MR) is 50.9 cm³/mol. The van der Waals surface area contributed by atoms with Crippen LogP contribution in [0, 0.1) is 0 Å². The maximum absolute atomic E-state index is 11.7. The lowest BCUT2D eigenvalue weighted by Gasteiger charge is -2.05. The fourth-order valence-electron chi connectivity index (χ4n) is 1.71. The highest BCUT2D eigenvalue weighted by Gasteiger charge is 2.23. The average molecular weight is 194 g/mol. The molecule has 1 saturated heterocycles. The molecule has 0 bridgehead atoms. The van der Waals surface area contributed by atoms with Crippen LogP contribution < -0.4 is 0 Å². The van der Waals surface area contributed by atoms with Crippen molar-refractivity contribution in [2.24, 2.45) is 7.05 Å². The number of hydrogen-bond donors (Lipinski definition) is 0. The summed E-state index contributed by atoms with van der Waals surface area (Å²) < 4.78 is 7.02. The van der Waals surface area contributed by atoms with E-state index in [1.807, 2.05) is 13.2 Å². The van der Waals surface area contributed by atoms with Gasteiger partial charge in [-0.1, -0.05) is 0 Å². The molecule has 0 aliphatic carbocycles. The standard InChI is InChI=1S/C10H14N2O2/c1-12-7-8(6-11-12)5-9(13)10-3-2-4-14-10/h6-7,10H,2-5H2,1H3. The minimum absolute atomic E-state index is 0.171. The lowest BCUT2D eigenvalue weighted by Crippen LogP contribution is -2.21. The highest BCUT2D eigenvalue weighted by molar-refractivity contribution is 5.85. The fraction of sp³-hybridized carbons (Fsp3) is 0.600. The van der Waals surface area contributed by atoms with Gasteiger partial charge >= 0.3 is 0 Å². The predicted octanol–water partition coefficient (Wildman–Crippen LogP) is 0.711. The van der Waals surface area contributed by atoms with Gasteiger partial charge in [-0.05, 0) is 18.4 Å². The van der Waals surface area contributed by atoms with Gasteiger partial charge in [0.2, 0.25) is 0 Å². The Morgan fingerprint density at radius 3 is 3.21 bits per heavy atom. The quantitative estimate of drug-likeness (QED) is 0.711. The number of aromatic nitrogens is 2. The summed E-state index contributed by atoms with van der Waals surface area (Å²) in [6.07, 6.45) is 5.75. The highest BCUT2D eigenvalue weighted by Crippen LogP contribution is 2.14. The molecule has 1 aliphatic rings. The Labute approximate surface area is 82.9 Å². The van der Waals surface area contributed by atoms with E-state index in [2.05, 4.69) is 5.10 Å². The van der Waals surface area contributed by atoms with Gasteiger partial charge in [0.25, 0.3) is 0 Å². The molecule has 0 aromatic carbocycles. The van der Waals surface area contributed by atoms with E-state index in [0.717, 1.165) is 25.0 Å². The molecule has 1 aliphatic heterocycles. The number of nitrogens with zero attached hydrogens (tertiary/aromatic N) is 2. The molecule has 2 rings (SSSR count). The summed E-state index contributed by atoms with van der Waals surface area (Å²) in [5, 5.41) is 4.02. The number of ether oxygens (including phenoxy) is 1. The molecule has 0 radical (unpaired) electrons. The molecule has 0 N–H and O–H groups in total. The molecule has 0 saturated carbocycles. The molecule has 0 amide bonds. The van der Waals surface area contributed by atoms with Crippen molar-refractivity contribution < 1.29 is 9.53 Å². The Balaban J connectivity index is 1.93. The Bertz CT molecular complexity index is 327. The lowest BCUT2D eigenvalue weighted by molar-refractivity contribution is -0.127. The molecule has 1 aromatic heterocycles. The van der Waals surface area contributed by atoms with E-state index in [-0.39, 0.29) is 11.9 Å². The molecule has 4 heteroatoms. The van der Waals surface area contributed by atoms with Crippen molar-refractivity contribution in [2.45, 2.75) is 25.4 Å². The first-order chi connectivity index (χ1) is 6.75. The molecule has 76 valence electrons. The Morgan fingerprint density at radius 2 is 2.64 bits per heavy atom. The van der Waals surface area contributed by atoms with Crippen molar-refractivity contribution >= 4 is 5.78 Å². The Morgan fingerprint density at radius 1 is 1.79 bits per heavy atom. The summed E-state index contributed by atoms with van der Waals surface area (Å²) in [5.74, 6) is 0.176. The first-order valence-electron chi connectivity index (χ1n) is 4.87. The number of Topliss-reactive ketones (excluding diaryl/α,β-unsaturated/α-hetero) is 1. The van der Waals surface area contributed by atoms with E-state index in [9.17, 15) is 4.79 Å². The summed E-state index contributed by atoms with van der Waals surface area (Å²) in [7, 11) is 1.85. The molecule has 2 heterocycles. The number of carbonyl (C=O) groups excluding carboxylic acids is 1. The van der Waals surface area contributed by atoms with Crippen molar-refractivity contribution in [3.63, 3.8) is 0 Å². The maximum Gasteiger partial charge on any atom is 0.166 e. The van der Waals surface area contributed by atoms with Gasteiger partial charge in [0, 0.05) is 26.3 Å². The normalized spacial score (nSPS) is 21.4. The molecular weight excluding hydrogens is 180 g/mol. The summed E-state index contributed by atoms with van der Waals surface area (Å²) in [5.41, 5.74) is 0.966. The van der Waals surface area contributed by atoms with Crippen molar-refractivity contribution in [3.05, 3.63) is 18.0 Å². The summed E-state index contributed by atoms with van der Waals surface area (Å²) in [6.45, 7) is 0.726. The van der Waals surface area contributed by atoms with E-state index in [1.54, 1.807) is 10.9 Å². The Kier molecular flexibility index (Phi) is 2.63. The molecule has 1 aromatic rings. The van der Waals surface area contributed by atoms with Crippen LogP contribution in [0.2, 0.25) is 0 Å². The first-order valence-corrected chi connectivity index (χ1v) is 4.87. The molecule has 0 spiro atoms. The Hall–Kier alpha value is -1.16. The maximum atomic E-state index is 11.7. The lowest BCUT2D eigenvalue weighted by atomic mass is 10.1. The van der Waals surface area contributed by atoms with Crippen LogP contribution in [-0.2, 0) is 23.0 Å². The number of ketones is 1. The molecular formula is C10H14N2O2. The zero-order chi connectivity index (χ0) is 9.97. The third-order valence-corrected chi connectivity index (χ3v) is 2.43. The van der Waals surface area contributed by atoms with Gasteiger partial charge in [-0.2, -0.15) is 5.10 Å². The molecule has 14 heavy (non-hydrogen) atoms. The van der Waals surface area contributed by atoms with Crippen LogP contribution in [0.25, 0.3) is 0 Å². The summed E-state index contributed by atoms with van der Waals surface area (Å²) >= 11 is 0. The zero-order valence-electron chi connectivity index (χ0n) is 8.27. The van der Waals surface area contributed by atoms with Crippen LogP contribution in [-0.4, -0.2) is 28.3 Å². The average Bonchev–Trinajstić information content (AvgIpc) is 2.75. The third-order valence-electron chi connectivity index (χ3n) is 2.43. The SMILES string of the molecule is Cn1cc(CC(=O)C2CCCO2)cn1. The first kappa shape index (κ1) is 9.40. The van der Waals surface area contributed by atoms with E-state index >= 15 is 0 Å². The van der Waals surface area contributed by atoms with Gasteiger partial charge in [-0.25, -0.2) is 0 Å². The van der Waals surface area contributed by atoms with Gasteiger partial charge in [0.05, 0.1) is 6.20 Å². The number of aryl methyl sites for hydroxylation is 1. The zero-order valence-corrected chi connectivity index (χ0v) is 8.27. The van der Waals surface area contributed by atoms with Crippen LogP contribution in [0.1, 0.15) is 18.4 Å². The molecule has 1 fully saturated rings. The van der Waals surface area contributed by atoms with Gasteiger partial charge in [-0.3, -0.25) is 9.48 Å². The second-order valence-corrected chi connectivity index (χ2v) is 3.67. The summed E-state index contributed by atoms with van der Waals surface area (Å²) in [4.78, 5) is 11.7. The fourth-order valence-corrected chi connectivity index (χ4v) is 1.71. The van der Waals surface area contributed by atoms with Gasteiger partial charge in [0.1, 0.15) is 6.10 Å². The van der Waals surface area contributed by atoms with Crippen molar-refractivity contribution in [3.8, 4) is 0 Å². The monoisotopic (exact) mass is 194 g/mol. The van der Waals surface area contributed by atoms with Crippen LogP contribution in [0.4, 0.5) is 0 Å². The van der Waals surface area contributed by atoms with Crippen molar-refractivity contribution in [1.82, 2.24) is 9.78 Å². The van der Waals surface area contributed by atoms with E-state index in [0.29, 0.717) is 6.42 Å². The third kappa shape index (κ3) is 2.01. The topological polar surface area (TPSA) is 44.1 Å². The van der Waals surface area contributed by atoms with E-state index < -0.39 is 0 Å². The van der Waals surface area contributed by atoms with Crippen LogP contribution in [0.15, 0.2) is 12.4 Å². The van der Waals surface area contributed by atoms with Crippen molar-refractivity contribution in [2.75, 3.05) is 6.61 Å². The minimum atomic E-state index is -0.171. The van der Waals surface area contributed by atoms with Crippen LogP contribution in [0.3, 0.4) is 0 Å². The molecule has 1 atom stereocenters. The van der Waals surface area contributed by atoms with E-state index in [1.165, 1.54) is 0 Å². The van der Waals surface area contributed by atoms with Gasteiger partial charge in [0.15, 0.2) is 5.78 Å². The van der Waals surface area contributed by atoms with Crippen molar-refractivity contribution in [1.29, 1.82) is 0 Å². The second-order valence-electron chi connectivity index (χ2n) is 3.67. The number of hydrogen-bond acceptors (Lipinski definition) is 3. The van der Waals surface area contributed by atoms with E-state index in [4.69, 9.17) is 4.74 Å². The summed E-state index contributed by atoms with van der Waals surface area (Å²) in [6, 6.07) is 0. The van der Waals surface area contributed by atoms with Crippen LogP contribution >= 0.6 is 0 Å². The van der Waals surface area contributed by atoms with Crippen LogP contribution in [0.5, 0.6) is 0 Å². The molecule has 1 unspecified atom stereocenters. The van der Waals surface area contributed by atoms with Gasteiger partial charge < -0.3 is 4.74 Å².